The van der Waals surface area contributed by atoms with Crippen LogP contribution in [0.2, 0.25) is 0 Å². The average molecular weight is 295 g/mol. The molecule has 1 aromatic heterocycles. The van der Waals surface area contributed by atoms with Gasteiger partial charge in [-0.1, -0.05) is 31.2 Å². The molecule has 1 aliphatic carbocycles. The largest absolute Gasteiger partial charge is 0.309 e. The number of rotatable bonds is 5. The van der Waals surface area contributed by atoms with Gasteiger partial charge in [-0.2, -0.15) is 0 Å². The van der Waals surface area contributed by atoms with Crippen molar-refractivity contribution < 1.29 is 4.79 Å². The summed E-state index contributed by atoms with van der Waals surface area (Å²) in [5, 5.41) is 2.95. The molecular formula is C18H21N3O. The molecule has 0 spiro atoms. The second-order valence-corrected chi connectivity index (χ2v) is 5.87. The zero-order valence-corrected chi connectivity index (χ0v) is 13.0. The number of aryl methyl sites for hydroxylation is 1. The minimum Gasteiger partial charge on any atom is -0.309 e. The average Bonchev–Trinajstić information content (AvgIpc) is 3.39. The molecule has 1 fully saturated rings. The Kier molecular flexibility index (Phi) is 4.18. The number of nitrogens with one attached hydrogen (secondary N) is 1. The molecule has 0 bridgehead atoms. The Balaban J connectivity index is 1.73. The van der Waals surface area contributed by atoms with E-state index in [0.717, 1.165) is 30.5 Å². The fourth-order valence-electron chi connectivity index (χ4n) is 2.52. The van der Waals surface area contributed by atoms with Gasteiger partial charge in [-0.3, -0.25) is 9.78 Å². The second kappa shape index (κ2) is 6.26. The molecule has 1 saturated carbocycles. The van der Waals surface area contributed by atoms with Crippen LogP contribution in [0.3, 0.4) is 0 Å². The zero-order valence-electron chi connectivity index (χ0n) is 13.0. The van der Waals surface area contributed by atoms with Crippen molar-refractivity contribution >= 4 is 11.7 Å². The number of benzene rings is 1. The summed E-state index contributed by atoms with van der Waals surface area (Å²) in [4.78, 5) is 21.1. The Bertz CT molecular complexity index is 662. The lowest BCUT2D eigenvalue weighted by Gasteiger charge is -2.14. The molecule has 4 heteroatoms. The van der Waals surface area contributed by atoms with Gasteiger partial charge < -0.3 is 5.32 Å². The van der Waals surface area contributed by atoms with Crippen molar-refractivity contribution in [2.45, 2.75) is 44.9 Å². The molecule has 1 unspecified atom stereocenters. The van der Waals surface area contributed by atoms with Gasteiger partial charge >= 0.3 is 0 Å². The van der Waals surface area contributed by atoms with Crippen LogP contribution in [0.5, 0.6) is 0 Å². The Morgan fingerprint density at radius 1 is 1.23 bits per heavy atom. The quantitative estimate of drug-likeness (QED) is 0.916. The summed E-state index contributed by atoms with van der Waals surface area (Å²) in [7, 11) is 0. The lowest BCUT2D eigenvalue weighted by molar-refractivity contribution is -0.117. The van der Waals surface area contributed by atoms with Crippen molar-refractivity contribution in [3.05, 3.63) is 53.5 Å². The number of carbonyl (C=O) groups is 1. The minimum atomic E-state index is -0.208. The van der Waals surface area contributed by atoms with Crippen LogP contribution in [-0.2, 0) is 11.2 Å². The predicted octanol–water partition coefficient (Wildman–Crippen LogP) is 3.66. The molecule has 2 aromatic rings. The number of carbonyl (C=O) groups excluding carboxylic acids is 1. The first-order chi connectivity index (χ1) is 10.7. The lowest BCUT2D eigenvalue weighted by Crippen LogP contribution is -2.20. The highest BCUT2D eigenvalue weighted by molar-refractivity contribution is 5.95. The first-order valence-electron chi connectivity index (χ1n) is 7.89. The number of hydrogen-bond acceptors (Lipinski definition) is 3. The maximum atomic E-state index is 12.5. The van der Waals surface area contributed by atoms with E-state index >= 15 is 0 Å². The van der Waals surface area contributed by atoms with Crippen LogP contribution >= 0.6 is 0 Å². The Labute approximate surface area is 131 Å². The first-order valence-corrected chi connectivity index (χ1v) is 7.89. The standard InChI is InChI=1S/C18H21N3O/c1-3-13-4-6-14(7-5-13)12(2)18(22)21-17-16(15-8-9-15)19-10-11-20-17/h4-7,10-12,15H,3,8-9H2,1-2H3,(H,20,21,22). The van der Waals surface area contributed by atoms with Crippen molar-refractivity contribution in [2.75, 3.05) is 5.32 Å². The number of anilines is 1. The first kappa shape index (κ1) is 14.7. The Hall–Kier alpha value is -2.23. The van der Waals surface area contributed by atoms with E-state index in [1.807, 2.05) is 19.1 Å². The molecule has 4 nitrogen and oxygen atoms in total. The van der Waals surface area contributed by atoms with Crippen LogP contribution in [0, 0.1) is 0 Å². The topological polar surface area (TPSA) is 54.9 Å². The van der Waals surface area contributed by atoms with Crippen molar-refractivity contribution in [1.29, 1.82) is 0 Å². The molecule has 1 aliphatic rings. The fraction of sp³-hybridized carbons (Fsp3) is 0.389. The number of aromatic nitrogens is 2. The van der Waals surface area contributed by atoms with Gasteiger partial charge in [-0.05, 0) is 37.3 Å². The molecule has 1 amide bonds. The molecule has 1 aromatic carbocycles. The summed E-state index contributed by atoms with van der Waals surface area (Å²) in [6, 6.07) is 8.22. The van der Waals surface area contributed by atoms with Gasteiger partial charge in [0.25, 0.3) is 0 Å². The van der Waals surface area contributed by atoms with Crippen LogP contribution in [-0.4, -0.2) is 15.9 Å². The van der Waals surface area contributed by atoms with Gasteiger partial charge in [-0.25, -0.2) is 4.98 Å². The summed E-state index contributed by atoms with van der Waals surface area (Å²) in [5.74, 6) is 0.835. The highest BCUT2D eigenvalue weighted by atomic mass is 16.1. The molecule has 0 aliphatic heterocycles. The lowest BCUT2D eigenvalue weighted by atomic mass is 9.98. The van der Waals surface area contributed by atoms with Crippen LogP contribution in [0.15, 0.2) is 36.7 Å². The highest BCUT2D eigenvalue weighted by Gasteiger charge is 2.29. The highest BCUT2D eigenvalue weighted by Crippen LogP contribution is 2.41. The summed E-state index contributed by atoms with van der Waals surface area (Å²) in [6.45, 7) is 4.04. The third-order valence-corrected chi connectivity index (χ3v) is 4.21. The Morgan fingerprint density at radius 3 is 2.55 bits per heavy atom. The van der Waals surface area contributed by atoms with E-state index < -0.39 is 0 Å². The minimum absolute atomic E-state index is 0.0355. The smallest absolute Gasteiger partial charge is 0.232 e. The Morgan fingerprint density at radius 2 is 1.91 bits per heavy atom. The van der Waals surface area contributed by atoms with Crippen LogP contribution < -0.4 is 5.32 Å². The summed E-state index contributed by atoms with van der Waals surface area (Å²) >= 11 is 0. The SMILES string of the molecule is CCc1ccc(C(C)C(=O)Nc2nccnc2C2CC2)cc1. The molecule has 1 N–H and O–H groups in total. The van der Waals surface area contributed by atoms with Crippen molar-refractivity contribution in [3.8, 4) is 0 Å². The monoisotopic (exact) mass is 295 g/mol. The normalized spacial score (nSPS) is 15.4. The van der Waals surface area contributed by atoms with Crippen LogP contribution in [0.25, 0.3) is 0 Å². The summed E-state index contributed by atoms with van der Waals surface area (Å²) < 4.78 is 0. The van der Waals surface area contributed by atoms with Crippen LogP contribution in [0.4, 0.5) is 5.82 Å². The van der Waals surface area contributed by atoms with E-state index in [-0.39, 0.29) is 11.8 Å². The third-order valence-electron chi connectivity index (χ3n) is 4.21. The van der Waals surface area contributed by atoms with Gasteiger partial charge in [0.15, 0.2) is 5.82 Å². The number of hydrogen-bond donors (Lipinski definition) is 1. The third kappa shape index (κ3) is 3.16. The van der Waals surface area contributed by atoms with Gasteiger partial charge in [0.1, 0.15) is 0 Å². The van der Waals surface area contributed by atoms with E-state index in [0.29, 0.717) is 11.7 Å². The fourth-order valence-corrected chi connectivity index (χ4v) is 2.52. The molecule has 0 radical (unpaired) electrons. The maximum Gasteiger partial charge on any atom is 0.232 e. The molecule has 114 valence electrons. The van der Waals surface area contributed by atoms with E-state index in [4.69, 9.17) is 0 Å². The summed E-state index contributed by atoms with van der Waals surface area (Å²) in [5.41, 5.74) is 3.22. The van der Waals surface area contributed by atoms with E-state index in [2.05, 4.69) is 34.3 Å². The van der Waals surface area contributed by atoms with Crippen molar-refractivity contribution in [1.82, 2.24) is 9.97 Å². The molecule has 3 rings (SSSR count). The molecule has 1 heterocycles. The number of amides is 1. The zero-order chi connectivity index (χ0) is 15.5. The van der Waals surface area contributed by atoms with Crippen LogP contribution in [0.1, 0.15) is 55.3 Å². The van der Waals surface area contributed by atoms with Gasteiger partial charge in [0.2, 0.25) is 5.91 Å². The number of nitrogens with zero attached hydrogens (tertiary/aromatic N) is 2. The predicted molar refractivity (Wildman–Crippen MR) is 86.9 cm³/mol. The van der Waals surface area contributed by atoms with Gasteiger partial charge in [0.05, 0.1) is 11.6 Å². The second-order valence-electron chi connectivity index (χ2n) is 5.87. The van der Waals surface area contributed by atoms with Crippen molar-refractivity contribution in [3.63, 3.8) is 0 Å². The van der Waals surface area contributed by atoms with Gasteiger partial charge in [0, 0.05) is 18.3 Å². The molecule has 0 saturated heterocycles. The molecule has 1 atom stereocenters. The van der Waals surface area contributed by atoms with E-state index in [9.17, 15) is 4.79 Å². The maximum absolute atomic E-state index is 12.5. The van der Waals surface area contributed by atoms with Gasteiger partial charge in [-0.15, -0.1) is 0 Å². The van der Waals surface area contributed by atoms with E-state index in [1.54, 1.807) is 12.4 Å². The van der Waals surface area contributed by atoms with E-state index in [1.165, 1.54) is 5.56 Å². The summed E-state index contributed by atoms with van der Waals surface area (Å²) in [6.07, 6.45) is 6.59. The molecule has 22 heavy (non-hydrogen) atoms. The van der Waals surface area contributed by atoms with Crippen molar-refractivity contribution in [2.24, 2.45) is 0 Å². The molecular weight excluding hydrogens is 274 g/mol.